The van der Waals surface area contributed by atoms with E-state index < -0.39 is 12.0 Å². The van der Waals surface area contributed by atoms with Crippen molar-refractivity contribution in [3.63, 3.8) is 0 Å². The number of fused-ring (bicyclic) bond motifs is 1. The summed E-state index contributed by atoms with van der Waals surface area (Å²) in [5.41, 5.74) is 9.13. The van der Waals surface area contributed by atoms with E-state index in [-0.39, 0.29) is 5.92 Å². The third-order valence-electron chi connectivity index (χ3n) is 5.01. The second kappa shape index (κ2) is 6.90. The molecule has 2 heterocycles. The number of primary amides is 1. The molecule has 1 atom stereocenters. The van der Waals surface area contributed by atoms with E-state index in [9.17, 15) is 9.90 Å². The lowest BCUT2D eigenvalue weighted by Crippen LogP contribution is -2.21. The van der Waals surface area contributed by atoms with Crippen LogP contribution < -0.4 is 5.73 Å². The molecule has 1 aliphatic rings. The molecule has 0 spiro atoms. The summed E-state index contributed by atoms with van der Waals surface area (Å²) in [5, 5.41) is 10.6. The lowest BCUT2D eigenvalue weighted by molar-refractivity contribution is 0.00719. The summed E-state index contributed by atoms with van der Waals surface area (Å²) in [6.07, 6.45) is 1.30. The van der Waals surface area contributed by atoms with E-state index in [0.717, 1.165) is 29.5 Å². The average Bonchev–Trinajstić information content (AvgIpc) is 3.11. The molecular weight excluding hydrogens is 330 g/mol. The first-order valence-corrected chi connectivity index (χ1v) is 8.77. The normalized spacial score (nSPS) is 16.7. The van der Waals surface area contributed by atoms with Crippen LogP contribution in [-0.2, 0) is 4.74 Å². The first kappa shape index (κ1) is 16.8. The summed E-state index contributed by atoms with van der Waals surface area (Å²) in [6, 6.07) is 12.9. The molecule has 2 aromatic carbocycles. The third-order valence-corrected chi connectivity index (χ3v) is 5.01. The number of aromatic nitrogens is 2. The van der Waals surface area contributed by atoms with Gasteiger partial charge < -0.3 is 20.6 Å². The zero-order chi connectivity index (χ0) is 18.1. The minimum atomic E-state index is -0.471. The van der Waals surface area contributed by atoms with Gasteiger partial charge in [0, 0.05) is 24.3 Å². The van der Waals surface area contributed by atoms with Gasteiger partial charge in [-0.1, -0.05) is 24.3 Å². The predicted molar refractivity (Wildman–Crippen MR) is 98.6 cm³/mol. The topological polar surface area (TPSA) is 101 Å². The number of amides is 1. The number of aliphatic hydroxyl groups excluding tert-OH is 1. The Hall–Kier alpha value is -2.70. The number of aliphatic hydroxyl groups is 1. The number of nitrogens with zero attached hydrogens (tertiary/aromatic N) is 1. The Morgan fingerprint density at radius 3 is 2.62 bits per heavy atom. The van der Waals surface area contributed by atoms with E-state index in [1.54, 1.807) is 18.2 Å². The van der Waals surface area contributed by atoms with Gasteiger partial charge in [-0.05, 0) is 42.5 Å². The lowest BCUT2D eigenvalue weighted by Gasteiger charge is -2.27. The van der Waals surface area contributed by atoms with Gasteiger partial charge in [0.1, 0.15) is 5.82 Å². The second-order valence-electron chi connectivity index (χ2n) is 6.70. The Labute approximate surface area is 151 Å². The first-order chi connectivity index (χ1) is 12.6. The molecule has 1 fully saturated rings. The number of rotatable bonds is 4. The highest BCUT2D eigenvalue weighted by Crippen LogP contribution is 2.31. The number of hydrogen-bond acceptors (Lipinski definition) is 4. The predicted octanol–water partition coefficient (Wildman–Crippen LogP) is 2.79. The Bertz CT molecular complexity index is 927. The van der Waals surface area contributed by atoms with E-state index >= 15 is 0 Å². The lowest BCUT2D eigenvalue weighted by atomic mass is 9.89. The van der Waals surface area contributed by atoms with Crippen LogP contribution in [0.4, 0.5) is 0 Å². The highest BCUT2D eigenvalue weighted by molar-refractivity contribution is 5.96. The fourth-order valence-electron chi connectivity index (χ4n) is 3.44. The molecule has 4 rings (SSSR count). The molecule has 134 valence electrons. The van der Waals surface area contributed by atoms with E-state index in [2.05, 4.69) is 9.97 Å². The van der Waals surface area contributed by atoms with Crippen molar-refractivity contribution in [2.45, 2.75) is 18.9 Å². The van der Waals surface area contributed by atoms with Crippen molar-refractivity contribution in [3.8, 4) is 11.4 Å². The smallest absolute Gasteiger partial charge is 0.248 e. The fraction of sp³-hybridized carbons (Fsp3) is 0.300. The second-order valence-corrected chi connectivity index (χ2v) is 6.70. The van der Waals surface area contributed by atoms with E-state index in [0.29, 0.717) is 30.1 Å². The molecule has 0 aliphatic carbocycles. The van der Waals surface area contributed by atoms with Gasteiger partial charge in [-0.2, -0.15) is 0 Å². The van der Waals surface area contributed by atoms with Gasteiger partial charge in [-0.3, -0.25) is 4.79 Å². The summed E-state index contributed by atoms with van der Waals surface area (Å²) in [5.74, 6) is 0.490. The summed E-state index contributed by atoms with van der Waals surface area (Å²) in [6.45, 7) is 1.43. The summed E-state index contributed by atoms with van der Waals surface area (Å²) < 4.78 is 5.36. The van der Waals surface area contributed by atoms with Gasteiger partial charge in [-0.25, -0.2) is 4.98 Å². The maximum absolute atomic E-state index is 11.3. The van der Waals surface area contributed by atoms with Crippen LogP contribution in [0.15, 0.2) is 42.5 Å². The Kier molecular flexibility index (Phi) is 4.44. The molecule has 6 heteroatoms. The van der Waals surface area contributed by atoms with Crippen LogP contribution in [0.5, 0.6) is 0 Å². The zero-order valence-electron chi connectivity index (χ0n) is 14.3. The summed E-state index contributed by atoms with van der Waals surface area (Å²) in [4.78, 5) is 19.1. The maximum Gasteiger partial charge on any atom is 0.248 e. The minimum absolute atomic E-state index is 0.244. The highest BCUT2D eigenvalue weighted by Gasteiger charge is 2.23. The van der Waals surface area contributed by atoms with Gasteiger partial charge >= 0.3 is 0 Å². The van der Waals surface area contributed by atoms with E-state index in [1.807, 2.05) is 24.3 Å². The molecular formula is C20H21N3O3. The molecule has 0 saturated carbocycles. The van der Waals surface area contributed by atoms with Crippen LogP contribution in [0.25, 0.3) is 22.4 Å². The van der Waals surface area contributed by atoms with Crippen molar-refractivity contribution in [3.05, 3.63) is 53.6 Å². The summed E-state index contributed by atoms with van der Waals surface area (Å²) in [7, 11) is 0. The van der Waals surface area contributed by atoms with Crippen molar-refractivity contribution >= 4 is 16.9 Å². The quantitative estimate of drug-likeness (QED) is 0.673. The van der Waals surface area contributed by atoms with Crippen LogP contribution in [0.2, 0.25) is 0 Å². The first-order valence-electron chi connectivity index (χ1n) is 8.77. The van der Waals surface area contributed by atoms with Crippen LogP contribution in [0, 0.1) is 5.92 Å². The van der Waals surface area contributed by atoms with Crippen LogP contribution in [0.3, 0.4) is 0 Å². The number of carbonyl (C=O) groups is 1. The number of hydrogen-bond donors (Lipinski definition) is 3. The standard InChI is InChI=1S/C20H21N3O3/c21-19(25)15-5-6-16-17(11-15)23-20(22-16)14-3-1-12(2-4-14)18(24)13-7-9-26-10-8-13/h1-6,11,13,18,24H,7-10H2,(H2,21,25)(H,22,23). The van der Waals surface area contributed by atoms with Gasteiger partial charge in [0.2, 0.25) is 5.91 Å². The zero-order valence-corrected chi connectivity index (χ0v) is 14.3. The summed E-state index contributed by atoms with van der Waals surface area (Å²) >= 11 is 0. The molecule has 0 bridgehead atoms. The highest BCUT2D eigenvalue weighted by atomic mass is 16.5. The minimum Gasteiger partial charge on any atom is -0.388 e. The van der Waals surface area contributed by atoms with Gasteiger partial charge in [0.25, 0.3) is 0 Å². The van der Waals surface area contributed by atoms with Crippen LogP contribution >= 0.6 is 0 Å². The van der Waals surface area contributed by atoms with Crippen molar-refractivity contribution in [1.82, 2.24) is 9.97 Å². The number of nitrogens with two attached hydrogens (primary N) is 1. The molecule has 1 aromatic heterocycles. The number of benzene rings is 2. The molecule has 26 heavy (non-hydrogen) atoms. The van der Waals surface area contributed by atoms with E-state index in [1.165, 1.54) is 0 Å². The SMILES string of the molecule is NC(=O)c1ccc2[nH]c(-c3ccc(C(O)C4CCOCC4)cc3)nc2c1. The van der Waals surface area contributed by atoms with Crippen LogP contribution in [0.1, 0.15) is 34.9 Å². The Balaban J connectivity index is 1.58. The Morgan fingerprint density at radius 1 is 1.19 bits per heavy atom. The van der Waals surface area contributed by atoms with E-state index in [4.69, 9.17) is 10.5 Å². The van der Waals surface area contributed by atoms with Crippen molar-refractivity contribution in [2.75, 3.05) is 13.2 Å². The number of H-pyrrole nitrogens is 1. The van der Waals surface area contributed by atoms with Gasteiger partial charge in [0.15, 0.2) is 0 Å². The molecule has 0 radical (unpaired) electrons. The Morgan fingerprint density at radius 2 is 1.92 bits per heavy atom. The molecule has 1 saturated heterocycles. The number of ether oxygens (including phenoxy) is 1. The fourth-order valence-corrected chi connectivity index (χ4v) is 3.44. The van der Waals surface area contributed by atoms with Crippen LogP contribution in [-0.4, -0.2) is 34.2 Å². The number of aromatic amines is 1. The number of nitrogens with one attached hydrogen (secondary N) is 1. The molecule has 1 unspecified atom stereocenters. The number of imidazole rings is 1. The largest absolute Gasteiger partial charge is 0.388 e. The average molecular weight is 351 g/mol. The molecule has 4 N–H and O–H groups in total. The van der Waals surface area contributed by atoms with Crippen molar-refractivity contribution in [1.29, 1.82) is 0 Å². The molecule has 3 aromatic rings. The van der Waals surface area contributed by atoms with Crippen molar-refractivity contribution in [2.24, 2.45) is 11.7 Å². The molecule has 6 nitrogen and oxygen atoms in total. The van der Waals surface area contributed by atoms with Gasteiger partial charge in [-0.15, -0.1) is 0 Å². The maximum atomic E-state index is 11.3. The number of carbonyl (C=O) groups excluding carboxylic acids is 1. The third kappa shape index (κ3) is 3.21. The van der Waals surface area contributed by atoms with Crippen molar-refractivity contribution < 1.29 is 14.6 Å². The molecule has 1 amide bonds. The molecule has 1 aliphatic heterocycles. The monoisotopic (exact) mass is 351 g/mol. The van der Waals surface area contributed by atoms with Gasteiger partial charge in [0.05, 0.1) is 17.1 Å².